The first-order valence-electron chi connectivity index (χ1n) is 12.5. The van der Waals surface area contributed by atoms with Gasteiger partial charge in [0.2, 0.25) is 0 Å². The number of likely N-dealkylation sites (tertiary alicyclic amines) is 1. The van der Waals surface area contributed by atoms with Crippen molar-refractivity contribution < 1.29 is 5.11 Å². The number of nitrogens with zero attached hydrogens (tertiary/aromatic N) is 6. The fourth-order valence-corrected chi connectivity index (χ4v) is 5.87. The Labute approximate surface area is 217 Å². The van der Waals surface area contributed by atoms with Gasteiger partial charge in [-0.05, 0) is 74.2 Å². The maximum atomic E-state index is 11.3. The van der Waals surface area contributed by atoms with Crippen molar-refractivity contribution in [3.8, 4) is 5.69 Å². The lowest BCUT2D eigenvalue weighted by Gasteiger charge is -2.26. The van der Waals surface area contributed by atoms with E-state index in [0.717, 1.165) is 66.7 Å². The van der Waals surface area contributed by atoms with E-state index >= 15 is 0 Å². The van der Waals surface area contributed by atoms with Crippen molar-refractivity contribution in [2.45, 2.75) is 56.3 Å². The summed E-state index contributed by atoms with van der Waals surface area (Å²) in [6.45, 7) is 11.4. The van der Waals surface area contributed by atoms with Crippen LogP contribution >= 0.6 is 11.9 Å². The van der Waals surface area contributed by atoms with Crippen LogP contribution in [0.15, 0.2) is 77.8 Å². The zero-order chi connectivity index (χ0) is 25.3. The molecule has 1 N–H and O–H groups in total. The summed E-state index contributed by atoms with van der Waals surface area (Å²) in [6.07, 6.45) is 13.8. The van der Waals surface area contributed by atoms with Gasteiger partial charge >= 0.3 is 0 Å². The summed E-state index contributed by atoms with van der Waals surface area (Å²) in [7, 11) is 1.96. The number of benzene rings is 1. The van der Waals surface area contributed by atoms with Crippen LogP contribution in [0.5, 0.6) is 0 Å². The topological polar surface area (TPSA) is 69.8 Å². The van der Waals surface area contributed by atoms with Gasteiger partial charge in [0.1, 0.15) is 11.3 Å². The minimum atomic E-state index is -1.07. The third kappa shape index (κ3) is 4.92. The van der Waals surface area contributed by atoms with E-state index in [9.17, 15) is 5.11 Å². The van der Waals surface area contributed by atoms with Crippen molar-refractivity contribution in [2.75, 3.05) is 13.6 Å². The Morgan fingerprint density at radius 2 is 2.08 bits per heavy atom. The Morgan fingerprint density at radius 3 is 2.83 bits per heavy atom. The number of likely N-dealkylation sites (N-methyl/N-ethyl adjacent to an activating group) is 1. The first-order valence-corrected chi connectivity index (χ1v) is 13.4. The predicted octanol–water partition coefficient (Wildman–Crippen LogP) is 5.43. The molecule has 2 aromatic rings. The molecule has 8 heteroatoms. The first-order chi connectivity index (χ1) is 17.3. The second-order valence-electron chi connectivity index (χ2n) is 9.89. The molecule has 3 heterocycles. The van der Waals surface area contributed by atoms with Crippen LogP contribution in [0, 0.1) is 0 Å². The van der Waals surface area contributed by atoms with E-state index in [1.807, 2.05) is 53.0 Å². The number of hydrogen-bond donors (Lipinski definition) is 1. The molecule has 0 amide bonds. The molecular formula is C28H34N6OS. The molecule has 7 nitrogen and oxygen atoms in total. The van der Waals surface area contributed by atoms with Gasteiger partial charge in [0.15, 0.2) is 0 Å². The summed E-state index contributed by atoms with van der Waals surface area (Å²) >= 11 is 1.76. The van der Waals surface area contributed by atoms with Crippen molar-refractivity contribution in [3.63, 3.8) is 0 Å². The zero-order valence-corrected chi connectivity index (χ0v) is 21.9. The van der Waals surface area contributed by atoms with Gasteiger partial charge in [-0.15, -0.1) is 5.10 Å². The lowest BCUT2D eigenvalue weighted by molar-refractivity contribution is 0.0814. The number of hydrazone groups is 1. The van der Waals surface area contributed by atoms with Crippen LogP contribution in [0.2, 0.25) is 0 Å². The molecule has 0 bridgehead atoms. The molecular weight excluding hydrogens is 468 g/mol. The highest BCUT2D eigenvalue weighted by molar-refractivity contribution is 7.97. The van der Waals surface area contributed by atoms with E-state index in [4.69, 9.17) is 5.10 Å². The third-order valence-electron chi connectivity index (χ3n) is 7.31. The Hall–Kier alpha value is -3.10. The molecule has 0 saturated carbocycles. The molecule has 1 aromatic heterocycles. The zero-order valence-electron chi connectivity index (χ0n) is 21.1. The summed E-state index contributed by atoms with van der Waals surface area (Å²) in [4.78, 5) is 3.62. The van der Waals surface area contributed by atoms with Crippen molar-refractivity contribution in [3.05, 3.63) is 84.0 Å². The van der Waals surface area contributed by atoms with Crippen LogP contribution in [0.4, 0.5) is 0 Å². The molecule has 1 saturated heterocycles. The predicted molar refractivity (Wildman–Crippen MR) is 147 cm³/mol. The molecule has 0 spiro atoms. The molecule has 1 fully saturated rings. The van der Waals surface area contributed by atoms with E-state index in [-0.39, 0.29) is 0 Å². The lowest BCUT2D eigenvalue weighted by atomic mass is 9.90. The molecule has 1 aliphatic carbocycles. The molecule has 2 aliphatic heterocycles. The van der Waals surface area contributed by atoms with Crippen molar-refractivity contribution in [1.82, 2.24) is 24.3 Å². The summed E-state index contributed by atoms with van der Waals surface area (Å²) in [5.74, 6) is 0. The van der Waals surface area contributed by atoms with Gasteiger partial charge in [0.05, 0.1) is 11.9 Å². The van der Waals surface area contributed by atoms with E-state index in [2.05, 4.69) is 36.4 Å². The molecule has 36 heavy (non-hydrogen) atoms. The third-order valence-corrected chi connectivity index (χ3v) is 8.45. The number of rotatable bonds is 5. The average Bonchev–Trinajstić information content (AvgIpc) is 3.46. The molecule has 5 rings (SSSR count). The minimum absolute atomic E-state index is 0.504. The average molecular weight is 503 g/mol. The van der Waals surface area contributed by atoms with Gasteiger partial charge in [0.25, 0.3) is 0 Å². The van der Waals surface area contributed by atoms with Gasteiger partial charge in [-0.25, -0.2) is 4.41 Å². The number of hydrogen-bond acceptors (Lipinski definition) is 7. The number of aromatic nitrogens is 3. The molecule has 2 unspecified atom stereocenters. The van der Waals surface area contributed by atoms with Gasteiger partial charge in [0, 0.05) is 48.9 Å². The highest BCUT2D eigenvalue weighted by atomic mass is 32.2. The molecule has 188 valence electrons. The largest absolute Gasteiger partial charge is 0.379 e. The van der Waals surface area contributed by atoms with Gasteiger partial charge < -0.3 is 10.0 Å². The first kappa shape index (κ1) is 24.6. The number of aliphatic hydroxyl groups is 1. The highest BCUT2D eigenvalue weighted by Crippen LogP contribution is 2.39. The number of allylic oxidation sites excluding steroid dienone is 4. The van der Waals surface area contributed by atoms with E-state index in [1.54, 1.807) is 22.9 Å². The summed E-state index contributed by atoms with van der Waals surface area (Å²) in [6, 6.07) is 7.76. The minimum Gasteiger partial charge on any atom is -0.379 e. The maximum absolute atomic E-state index is 11.3. The molecule has 0 radical (unpaired) electrons. The fraction of sp³-hybridized carbons (Fsp3) is 0.393. The Balaban J connectivity index is 1.41. The van der Waals surface area contributed by atoms with Gasteiger partial charge in [-0.3, -0.25) is 0 Å². The van der Waals surface area contributed by atoms with Crippen LogP contribution in [0.3, 0.4) is 0 Å². The van der Waals surface area contributed by atoms with Crippen LogP contribution in [0.25, 0.3) is 11.3 Å². The highest BCUT2D eigenvalue weighted by Gasteiger charge is 2.40. The smallest absolute Gasteiger partial charge is 0.130 e. The fourth-order valence-electron chi connectivity index (χ4n) is 4.88. The second kappa shape index (κ2) is 10.1. The van der Waals surface area contributed by atoms with Crippen LogP contribution < -0.4 is 0 Å². The Bertz CT molecular complexity index is 1260. The quantitative estimate of drug-likeness (QED) is 0.434. The van der Waals surface area contributed by atoms with E-state index in [1.165, 1.54) is 5.57 Å². The lowest BCUT2D eigenvalue weighted by Crippen LogP contribution is -2.26. The maximum Gasteiger partial charge on any atom is 0.130 e. The van der Waals surface area contributed by atoms with Crippen molar-refractivity contribution in [2.24, 2.45) is 5.10 Å². The SMILES string of the molecule is C=C1CC/C=N\N(SC2CC=C(C)CC2)C=C1c1cnn(-c2cccc(C3(O)CCN(C)C3=C)c2)n1. The Morgan fingerprint density at radius 1 is 1.22 bits per heavy atom. The van der Waals surface area contributed by atoms with E-state index in [0.29, 0.717) is 17.4 Å². The molecule has 3 aliphatic rings. The van der Waals surface area contributed by atoms with Crippen molar-refractivity contribution in [1.29, 1.82) is 0 Å². The van der Waals surface area contributed by atoms with Crippen LogP contribution in [0.1, 0.15) is 56.7 Å². The van der Waals surface area contributed by atoms with Crippen molar-refractivity contribution >= 4 is 23.7 Å². The van der Waals surface area contributed by atoms with Gasteiger partial charge in [-0.1, -0.05) is 36.9 Å². The normalized spacial score (nSPS) is 25.9. The summed E-state index contributed by atoms with van der Waals surface area (Å²) < 4.78 is 1.97. The molecule has 1 aromatic carbocycles. The van der Waals surface area contributed by atoms with E-state index < -0.39 is 5.60 Å². The molecule has 2 atom stereocenters. The second-order valence-corrected chi connectivity index (χ2v) is 11.1. The van der Waals surface area contributed by atoms with Gasteiger partial charge in [-0.2, -0.15) is 15.0 Å². The Kier molecular flexibility index (Phi) is 6.90. The standard InChI is InChI=1S/C28H34N6OS/c1-20-10-12-25(13-11-20)36-33-19-26(21(2)7-6-15-29-33)27-18-30-34(31-27)24-9-5-8-23(17-24)28(35)14-16-32(4)22(28)3/h5,8-10,15,17-19,25,35H,2-3,6-7,11-14,16H2,1,4H3/b26-19?,29-15-. The van der Waals surface area contributed by atoms with Crippen LogP contribution in [-0.4, -0.2) is 54.5 Å². The van der Waals surface area contributed by atoms with Crippen LogP contribution in [-0.2, 0) is 5.60 Å². The summed E-state index contributed by atoms with van der Waals surface area (Å²) in [5, 5.41) is 25.9. The summed E-state index contributed by atoms with van der Waals surface area (Å²) in [5.41, 5.74) is 5.45. The monoisotopic (exact) mass is 502 g/mol.